The lowest BCUT2D eigenvalue weighted by Gasteiger charge is -2.09. The van der Waals surface area contributed by atoms with Crippen molar-refractivity contribution in [3.05, 3.63) is 34.6 Å². The van der Waals surface area contributed by atoms with Crippen LogP contribution in [0.4, 0.5) is 0 Å². The first-order chi connectivity index (χ1) is 8.70. The lowest BCUT2D eigenvalue weighted by Crippen LogP contribution is -2.02. The van der Waals surface area contributed by atoms with E-state index >= 15 is 0 Å². The van der Waals surface area contributed by atoms with Gasteiger partial charge >= 0.3 is 0 Å². The van der Waals surface area contributed by atoms with Crippen molar-refractivity contribution in [2.45, 2.75) is 31.7 Å². The summed E-state index contributed by atoms with van der Waals surface area (Å²) in [6.45, 7) is 2.04. The lowest BCUT2D eigenvalue weighted by atomic mass is 10.1. The molecule has 0 radical (unpaired) electrons. The molecule has 3 nitrogen and oxygen atoms in total. The molecule has 0 spiro atoms. The molecule has 0 saturated heterocycles. The summed E-state index contributed by atoms with van der Waals surface area (Å²) in [6.07, 6.45) is 2.36. The predicted molar refractivity (Wildman–Crippen MR) is 73.0 cm³/mol. The average Bonchev–Trinajstić information content (AvgIpc) is 3.09. The second-order valence-corrected chi connectivity index (χ2v) is 5.34. The van der Waals surface area contributed by atoms with Crippen LogP contribution in [0.5, 0.6) is 0 Å². The van der Waals surface area contributed by atoms with E-state index in [-0.39, 0.29) is 0 Å². The predicted octanol–water partition coefficient (Wildman–Crippen LogP) is 3.98. The number of rotatable bonds is 3. The van der Waals surface area contributed by atoms with Crippen molar-refractivity contribution < 1.29 is 0 Å². The third kappa shape index (κ3) is 2.02. The summed E-state index contributed by atoms with van der Waals surface area (Å²) < 4.78 is 2.17. The van der Waals surface area contributed by atoms with E-state index in [0.29, 0.717) is 11.9 Å². The van der Waals surface area contributed by atoms with Crippen LogP contribution in [0, 0.1) is 6.92 Å². The van der Waals surface area contributed by atoms with Gasteiger partial charge in [-0.25, -0.2) is 0 Å². The fraction of sp³-hybridized carbons (Fsp3) is 0.385. The standard InChI is InChI=1S/C13H13Cl2N3/c1-8-6-9(15)2-5-11(8)13-17-16-12(7-14)18(13)10-3-4-10/h2,5-6,10H,3-4,7H2,1H3. The van der Waals surface area contributed by atoms with Gasteiger partial charge in [-0.1, -0.05) is 11.6 Å². The summed E-state index contributed by atoms with van der Waals surface area (Å²) >= 11 is 11.9. The van der Waals surface area contributed by atoms with E-state index in [1.165, 1.54) is 12.8 Å². The zero-order valence-corrected chi connectivity index (χ0v) is 11.5. The molecule has 0 bridgehead atoms. The molecule has 0 atom stereocenters. The lowest BCUT2D eigenvalue weighted by molar-refractivity contribution is 0.711. The fourth-order valence-electron chi connectivity index (χ4n) is 2.19. The highest BCUT2D eigenvalue weighted by atomic mass is 35.5. The normalized spacial score (nSPS) is 15.1. The first kappa shape index (κ1) is 12.0. The Labute approximate surface area is 116 Å². The smallest absolute Gasteiger partial charge is 0.164 e. The molecule has 0 aliphatic heterocycles. The van der Waals surface area contributed by atoms with Crippen LogP contribution in [0.1, 0.15) is 30.3 Å². The minimum Gasteiger partial charge on any atom is -0.307 e. The molecule has 2 aromatic rings. The molecule has 5 heteroatoms. The molecule has 1 heterocycles. The van der Waals surface area contributed by atoms with Crippen molar-refractivity contribution in [3.8, 4) is 11.4 Å². The number of aromatic nitrogens is 3. The van der Waals surface area contributed by atoms with Crippen molar-refractivity contribution >= 4 is 23.2 Å². The van der Waals surface area contributed by atoms with E-state index in [1.807, 2.05) is 25.1 Å². The van der Waals surface area contributed by atoms with Gasteiger partial charge in [0, 0.05) is 16.6 Å². The van der Waals surface area contributed by atoms with E-state index < -0.39 is 0 Å². The van der Waals surface area contributed by atoms with Crippen LogP contribution in [0.15, 0.2) is 18.2 Å². The molecule has 1 aliphatic carbocycles. The van der Waals surface area contributed by atoms with Crippen LogP contribution in [0.2, 0.25) is 5.02 Å². The van der Waals surface area contributed by atoms with Gasteiger partial charge in [0.1, 0.15) is 5.82 Å². The molecule has 3 rings (SSSR count). The molecule has 1 aromatic carbocycles. The summed E-state index contributed by atoms with van der Waals surface area (Å²) in [5.41, 5.74) is 2.19. The number of hydrogen-bond donors (Lipinski definition) is 0. The van der Waals surface area contributed by atoms with E-state index in [9.17, 15) is 0 Å². The van der Waals surface area contributed by atoms with Gasteiger partial charge in [-0.15, -0.1) is 21.8 Å². The van der Waals surface area contributed by atoms with Gasteiger partial charge in [0.2, 0.25) is 0 Å². The molecule has 1 fully saturated rings. The minimum atomic E-state index is 0.399. The number of nitrogens with zero attached hydrogens (tertiary/aromatic N) is 3. The van der Waals surface area contributed by atoms with Crippen molar-refractivity contribution in [1.82, 2.24) is 14.8 Å². The minimum absolute atomic E-state index is 0.399. The first-order valence-corrected chi connectivity index (χ1v) is 6.88. The molecular weight excluding hydrogens is 269 g/mol. The second kappa shape index (κ2) is 4.56. The van der Waals surface area contributed by atoms with Crippen molar-refractivity contribution in [2.24, 2.45) is 0 Å². The number of halogens is 2. The van der Waals surface area contributed by atoms with Gasteiger partial charge in [-0.2, -0.15) is 0 Å². The Morgan fingerprint density at radius 1 is 1.33 bits per heavy atom. The van der Waals surface area contributed by atoms with Gasteiger partial charge in [0.15, 0.2) is 5.82 Å². The van der Waals surface area contributed by atoms with Gasteiger partial charge < -0.3 is 4.57 Å². The monoisotopic (exact) mass is 281 g/mol. The summed E-state index contributed by atoms with van der Waals surface area (Å²) in [7, 11) is 0. The Balaban J connectivity index is 2.13. The van der Waals surface area contributed by atoms with Gasteiger partial charge in [-0.3, -0.25) is 0 Å². The van der Waals surface area contributed by atoms with Gasteiger partial charge in [0.25, 0.3) is 0 Å². The maximum atomic E-state index is 5.99. The number of aryl methyl sites for hydroxylation is 1. The zero-order valence-electron chi connectivity index (χ0n) is 10.0. The summed E-state index contributed by atoms with van der Waals surface area (Å²) in [4.78, 5) is 0. The van der Waals surface area contributed by atoms with Crippen LogP contribution in [-0.4, -0.2) is 14.8 Å². The molecular formula is C13H13Cl2N3. The second-order valence-electron chi connectivity index (χ2n) is 4.63. The quantitative estimate of drug-likeness (QED) is 0.797. The highest BCUT2D eigenvalue weighted by Crippen LogP contribution is 2.39. The molecule has 94 valence electrons. The fourth-order valence-corrected chi connectivity index (χ4v) is 2.60. The highest BCUT2D eigenvalue weighted by Gasteiger charge is 2.29. The van der Waals surface area contributed by atoms with Crippen LogP contribution in [0.3, 0.4) is 0 Å². The van der Waals surface area contributed by atoms with Crippen molar-refractivity contribution in [1.29, 1.82) is 0 Å². The number of benzene rings is 1. The summed E-state index contributed by atoms with van der Waals surface area (Å²) in [5, 5.41) is 9.22. The SMILES string of the molecule is Cc1cc(Cl)ccc1-c1nnc(CCl)n1C1CC1. The van der Waals surface area contributed by atoms with E-state index in [0.717, 1.165) is 27.8 Å². The molecule has 0 unspecified atom stereocenters. The Bertz CT molecular complexity index is 588. The topological polar surface area (TPSA) is 30.7 Å². The number of hydrogen-bond acceptors (Lipinski definition) is 2. The molecule has 1 aromatic heterocycles. The first-order valence-electron chi connectivity index (χ1n) is 5.97. The zero-order chi connectivity index (χ0) is 12.7. The molecule has 1 aliphatic rings. The van der Waals surface area contributed by atoms with E-state index in [1.54, 1.807) is 0 Å². The Kier molecular flexibility index (Phi) is 3.04. The van der Waals surface area contributed by atoms with Crippen molar-refractivity contribution in [2.75, 3.05) is 0 Å². The Morgan fingerprint density at radius 2 is 2.11 bits per heavy atom. The average molecular weight is 282 g/mol. The third-order valence-electron chi connectivity index (χ3n) is 3.23. The van der Waals surface area contributed by atoms with E-state index in [2.05, 4.69) is 14.8 Å². The summed E-state index contributed by atoms with van der Waals surface area (Å²) in [6, 6.07) is 6.34. The summed E-state index contributed by atoms with van der Waals surface area (Å²) in [5.74, 6) is 2.15. The molecule has 1 saturated carbocycles. The highest BCUT2D eigenvalue weighted by molar-refractivity contribution is 6.30. The van der Waals surface area contributed by atoms with Crippen molar-refractivity contribution in [3.63, 3.8) is 0 Å². The van der Waals surface area contributed by atoms with Crippen LogP contribution < -0.4 is 0 Å². The molecule has 18 heavy (non-hydrogen) atoms. The van der Waals surface area contributed by atoms with E-state index in [4.69, 9.17) is 23.2 Å². The van der Waals surface area contributed by atoms with Crippen LogP contribution in [0.25, 0.3) is 11.4 Å². The third-order valence-corrected chi connectivity index (χ3v) is 3.70. The maximum Gasteiger partial charge on any atom is 0.164 e. The molecule has 0 amide bonds. The molecule has 0 N–H and O–H groups in total. The van der Waals surface area contributed by atoms with Crippen LogP contribution in [-0.2, 0) is 5.88 Å². The maximum absolute atomic E-state index is 5.99. The van der Waals surface area contributed by atoms with Crippen LogP contribution >= 0.6 is 23.2 Å². The van der Waals surface area contributed by atoms with Gasteiger partial charge in [-0.05, 0) is 43.5 Å². The van der Waals surface area contributed by atoms with Gasteiger partial charge in [0.05, 0.1) is 5.88 Å². The largest absolute Gasteiger partial charge is 0.307 e. The number of alkyl halides is 1. The Hall–Kier alpha value is -1.06. The Morgan fingerprint density at radius 3 is 2.72 bits per heavy atom.